The largest absolute Gasteiger partial charge is 0.289 e. The second-order valence-corrected chi connectivity index (χ2v) is 7.87. The molecule has 4 aromatic rings. The zero-order valence-electron chi connectivity index (χ0n) is 16.7. The van der Waals surface area contributed by atoms with Gasteiger partial charge in [-0.15, -0.1) is 5.10 Å². The summed E-state index contributed by atoms with van der Waals surface area (Å²) in [4.78, 5) is 17.0. The third-order valence-corrected chi connectivity index (χ3v) is 5.28. The van der Waals surface area contributed by atoms with E-state index in [1.165, 1.54) is 5.56 Å². The van der Waals surface area contributed by atoms with Gasteiger partial charge in [0.05, 0.1) is 29.7 Å². The molecule has 0 atom stereocenters. The number of anilines is 1. The van der Waals surface area contributed by atoms with Crippen molar-refractivity contribution in [2.75, 3.05) is 5.32 Å². The summed E-state index contributed by atoms with van der Waals surface area (Å²) < 4.78 is 4.51. The molecule has 0 bridgehead atoms. The average Bonchev–Trinajstić information content (AvgIpc) is 3.37. The van der Waals surface area contributed by atoms with Crippen LogP contribution in [0.4, 0.5) is 5.95 Å². The summed E-state index contributed by atoms with van der Waals surface area (Å²) in [5.41, 5.74) is 4.54. The van der Waals surface area contributed by atoms with E-state index in [1.807, 2.05) is 62.4 Å². The highest BCUT2D eigenvalue weighted by Gasteiger charge is 2.18. The fourth-order valence-corrected chi connectivity index (χ4v) is 3.45. The van der Waals surface area contributed by atoms with Gasteiger partial charge in [-0.3, -0.25) is 10.1 Å². The van der Waals surface area contributed by atoms with E-state index in [0.29, 0.717) is 18.5 Å². The van der Waals surface area contributed by atoms with E-state index in [0.717, 1.165) is 21.4 Å². The molecule has 0 aliphatic rings. The first-order chi connectivity index (χ1) is 14.5. The van der Waals surface area contributed by atoms with E-state index in [-0.39, 0.29) is 11.9 Å². The van der Waals surface area contributed by atoms with Crippen molar-refractivity contribution in [2.45, 2.75) is 26.8 Å². The normalized spacial score (nSPS) is 10.9. The van der Waals surface area contributed by atoms with Gasteiger partial charge in [0.2, 0.25) is 5.95 Å². The number of halogens is 1. The van der Waals surface area contributed by atoms with Crippen LogP contribution in [0, 0.1) is 6.92 Å². The number of amides is 1. The number of aromatic nitrogens is 5. The van der Waals surface area contributed by atoms with E-state index < -0.39 is 0 Å². The van der Waals surface area contributed by atoms with Gasteiger partial charge in [-0.05, 0) is 43.2 Å². The number of rotatable bonds is 6. The van der Waals surface area contributed by atoms with Crippen LogP contribution in [0.1, 0.15) is 34.1 Å². The average molecular weight is 465 g/mol. The summed E-state index contributed by atoms with van der Waals surface area (Å²) in [6.45, 7) is 4.61. The molecule has 0 fully saturated rings. The number of nitrogens with one attached hydrogen (secondary N) is 1. The van der Waals surface area contributed by atoms with Gasteiger partial charge in [0, 0.05) is 4.47 Å². The van der Waals surface area contributed by atoms with Crippen LogP contribution >= 0.6 is 15.9 Å². The molecular weight excluding hydrogens is 444 g/mol. The molecule has 2 aromatic carbocycles. The van der Waals surface area contributed by atoms with Crippen molar-refractivity contribution < 1.29 is 4.79 Å². The quantitative estimate of drug-likeness (QED) is 0.458. The Hall–Kier alpha value is -3.26. The molecule has 152 valence electrons. The molecule has 1 N–H and O–H groups in total. The smallest absolute Gasteiger partial charge is 0.261 e. The number of nitrogens with zero attached hydrogens (tertiary/aromatic N) is 5. The predicted octanol–water partition coefficient (Wildman–Crippen LogP) is 4.40. The lowest BCUT2D eigenvalue weighted by Gasteiger charge is -2.08. The molecule has 4 rings (SSSR count). The van der Waals surface area contributed by atoms with Crippen LogP contribution in [0.5, 0.6) is 0 Å². The molecule has 30 heavy (non-hydrogen) atoms. The van der Waals surface area contributed by atoms with Crippen LogP contribution in [0.25, 0.3) is 5.69 Å². The maximum Gasteiger partial charge on any atom is 0.261 e. The summed E-state index contributed by atoms with van der Waals surface area (Å²) in [7, 11) is 0. The Balaban J connectivity index is 1.50. The zero-order valence-corrected chi connectivity index (χ0v) is 18.3. The molecular formula is C22H21BrN6O. The maximum absolute atomic E-state index is 12.8. The molecule has 0 aliphatic carbocycles. The minimum absolute atomic E-state index is 0.266. The lowest BCUT2D eigenvalue weighted by molar-refractivity contribution is 0.102. The standard InChI is InChI=1S/C22H21BrN6O/c1-3-20-19(12-25-29(20)18-10-4-15(2)5-11-18)21(30)26-22-24-14-28(27-22)13-16-6-8-17(23)9-7-16/h4-12,14H,3,13H2,1-2H3,(H,26,27,30). The fourth-order valence-electron chi connectivity index (χ4n) is 3.19. The van der Waals surface area contributed by atoms with E-state index >= 15 is 0 Å². The molecule has 2 heterocycles. The topological polar surface area (TPSA) is 77.6 Å². The van der Waals surface area contributed by atoms with Crippen molar-refractivity contribution in [1.82, 2.24) is 24.5 Å². The lowest BCUT2D eigenvalue weighted by atomic mass is 10.2. The van der Waals surface area contributed by atoms with Crippen LogP contribution in [-0.4, -0.2) is 30.5 Å². The van der Waals surface area contributed by atoms with Gasteiger partial charge in [0.15, 0.2) is 0 Å². The third kappa shape index (κ3) is 4.33. The van der Waals surface area contributed by atoms with Crippen LogP contribution in [0.2, 0.25) is 0 Å². The molecule has 0 radical (unpaired) electrons. The first-order valence-corrected chi connectivity index (χ1v) is 10.4. The minimum atomic E-state index is -0.272. The van der Waals surface area contributed by atoms with Gasteiger partial charge in [-0.25, -0.2) is 14.3 Å². The number of hydrogen-bond acceptors (Lipinski definition) is 4. The molecule has 2 aromatic heterocycles. The van der Waals surface area contributed by atoms with Gasteiger partial charge in [-0.1, -0.05) is 52.7 Å². The Bertz CT molecular complexity index is 1160. The van der Waals surface area contributed by atoms with Crippen molar-refractivity contribution in [3.8, 4) is 5.69 Å². The summed E-state index contributed by atoms with van der Waals surface area (Å²) >= 11 is 3.43. The zero-order chi connectivity index (χ0) is 21.1. The van der Waals surface area contributed by atoms with Gasteiger partial charge in [-0.2, -0.15) is 5.10 Å². The molecule has 1 amide bonds. The highest BCUT2D eigenvalue weighted by atomic mass is 79.9. The number of hydrogen-bond donors (Lipinski definition) is 1. The Morgan fingerprint density at radius 2 is 1.83 bits per heavy atom. The molecule has 0 spiro atoms. The number of benzene rings is 2. The summed E-state index contributed by atoms with van der Waals surface area (Å²) in [5.74, 6) is -0.00569. The van der Waals surface area contributed by atoms with Crippen LogP contribution in [0.15, 0.2) is 65.5 Å². The summed E-state index contributed by atoms with van der Waals surface area (Å²) in [6, 6.07) is 16.0. The molecule has 7 nitrogen and oxygen atoms in total. The van der Waals surface area contributed by atoms with E-state index in [1.54, 1.807) is 21.9 Å². The van der Waals surface area contributed by atoms with Crippen molar-refractivity contribution in [1.29, 1.82) is 0 Å². The minimum Gasteiger partial charge on any atom is -0.289 e. The maximum atomic E-state index is 12.8. The van der Waals surface area contributed by atoms with Crippen LogP contribution in [0.3, 0.4) is 0 Å². The predicted molar refractivity (Wildman–Crippen MR) is 119 cm³/mol. The van der Waals surface area contributed by atoms with Gasteiger partial charge < -0.3 is 0 Å². The SMILES string of the molecule is CCc1c(C(=O)Nc2ncn(Cc3ccc(Br)cc3)n2)cnn1-c1ccc(C)cc1. The highest BCUT2D eigenvalue weighted by Crippen LogP contribution is 2.18. The van der Waals surface area contributed by atoms with Gasteiger partial charge in [0.1, 0.15) is 6.33 Å². The van der Waals surface area contributed by atoms with E-state index in [9.17, 15) is 4.79 Å². The first-order valence-electron chi connectivity index (χ1n) is 9.62. The monoisotopic (exact) mass is 464 g/mol. The number of carbonyl (C=O) groups excluding carboxylic acids is 1. The van der Waals surface area contributed by atoms with E-state index in [4.69, 9.17) is 0 Å². The van der Waals surface area contributed by atoms with Crippen LogP contribution < -0.4 is 5.32 Å². The van der Waals surface area contributed by atoms with Gasteiger partial charge in [0.25, 0.3) is 5.91 Å². The molecule has 0 unspecified atom stereocenters. The van der Waals surface area contributed by atoms with Crippen LogP contribution in [-0.2, 0) is 13.0 Å². The Morgan fingerprint density at radius 1 is 1.10 bits per heavy atom. The van der Waals surface area contributed by atoms with E-state index in [2.05, 4.69) is 36.4 Å². The number of carbonyl (C=O) groups is 1. The molecule has 0 saturated carbocycles. The molecule has 0 aliphatic heterocycles. The molecule has 0 saturated heterocycles. The van der Waals surface area contributed by atoms with Crippen molar-refractivity contribution in [3.05, 3.63) is 87.9 Å². The van der Waals surface area contributed by atoms with Gasteiger partial charge >= 0.3 is 0 Å². The second-order valence-electron chi connectivity index (χ2n) is 6.95. The second kappa shape index (κ2) is 8.62. The molecule has 8 heteroatoms. The Kier molecular flexibility index (Phi) is 5.76. The van der Waals surface area contributed by atoms with Crippen molar-refractivity contribution in [2.24, 2.45) is 0 Å². The highest BCUT2D eigenvalue weighted by molar-refractivity contribution is 9.10. The van der Waals surface area contributed by atoms with Crippen molar-refractivity contribution >= 4 is 27.8 Å². The first kappa shape index (κ1) is 20.0. The number of aryl methyl sites for hydroxylation is 1. The van der Waals surface area contributed by atoms with Crippen molar-refractivity contribution in [3.63, 3.8) is 0 Å². The Morgan fingerprint density at radius 3 is 2.53 bits per heavy atom. The third-order valence-electron chi connectivity index (χ3n) is 4.75. The summed E-state index contributed by atoms with van der Waals surface area (Å²) in [5, 5.41) is 11.6. The lowest BCUT2D eigenvalue weighted by Crippen LogP contribution is -2.15. The Labute approximate surface area is 182 Å². The fraction of sp³-hybridized carbons (Fsp3) is 0.182. The summed E-state index contributed by atoms with van der Waals surface area (Å²) in [6.07, 6.45) is 3.86.